The van der Waals surface area contributed by atoms with Crippen LogP contribution in [0.1, 0.15) is 18.9 Å². The number of rotatable bonds is 5. The van der Waals surface area contributed by atoms with Crippen molar-refractivity contribution >= 4 is 15.9 Å². The lowest BCUT2D eigenvalue weighted by atomic mass is 10.1. The van der Waals surface area contributed by atoms with Gasteiger partial charge in [-0.05, 0) is 31.6 Å². The number of hydrogen-bond acceptors (Lipinski definition) is 2. The van der Waals surface area contributed by atoms with E-state index in [1.165, 1.54) is 12.0 Å². The van der Waals surface area contributed by atoms with Gasteiger partial charge < -0.3 is 9.64 Å². The van der Waals surface area contributed by atoms with Crippen LogP contribution in [-0.2, 0) is 6.42 Å². The minimum absolute atomic E-state index is 0.322. The van der Waals surface area contributed by atoms with E-state index >= 15 is 0 Å². The van der Waals surface area contributed by atoms with E-state index in [4.69, 9.17) is 4.74 Å². The Morgan fingerprint density at radius 3 is 2.94 bits per heavy atom. The molecular weight excluding hydrogens is 278 g/mol. The summed E-state index contributed by atoms with van der Waals surface area (Å²) >= 11 is 3.58. The third kappa shape index (κ3) is 3.71. The van der Waals surface area contributed by atoms with Crippen LogP contribution < -0.4 is 4.74 Å². The molecule has 0 amide bonds. The maximum Gasteiger partial charge on any atom is 0.123 e. The van der Waals surface area contributed by atoms with Gasteiger partial charge in [-0.25, -0.2) is 0 Å². The average molecular weight is 298 g/mol. The van der Waals surface area contributed by atoms with Gasteiger partial charge in [0.15, 0.2) is 0 Å². The van der Waals surface area contributed by atoms with Gasteiger partial charge in [0, 0.05) is 17.8 Å². The van der Waals surface area contributed by atoms with Crippen molar-refractivity contribution in [3.8, 4) is 5.75 Å². The van der Waals surface area contributed by atoms with Gasteiger partial charge in [-0.2, -0.15) is 0 Å². The first-order chi connectivity index (χ1) is 8.15. The maximum absolute atomic E-state index is 5.93. The van der Waals surface area contributed by atoms with E-state index in [-0.39, 0.29) is 0 Å². The zero-order valence-electron chi connectivity index (χ0n) is 10.5. The molecule has 2 nitrogen and oxygen atoms in total. The molecule has 0 saturated carbocycles. The van der Waals surface area contributed by atoms with Crippen molar-refractivity contribution in [2.75, 3.05) is 20.1 Å². The summed E-state index contributed by atoms with van der Waals surface area (Å²) in [6.45, 7) is 4.31. The third-order valence-electron chi connectivity index (χ3n) is 3.14. The average Bonchev–Trinajstić information content (AvgIpc) is 2.68. The number of alkyl halides is 1. The Balaban J connectivity index is 1.79. The molecule has 0 radical (unpaired) electrons. The van der Waals surface area contributed by atoms with Gasteiger partial charge in [0.1, 0.15) is 11.9 Å². The smallest absolute Gasteiger partial charge is 0.123 e. The Kier molecular flexibility index (Phi) is 4.46. The SMILES string of the molecule is CC(Br)CCN(C)CC1Cc2ccccc2O1. The van der Waals surface area contributed by atoms with Gasteiger partial charge in [0.05, 0.1) is 0 Å². The predicted octanol–water partition coefficient (Wildman–Crippen LogP) is 3.10. The van der Waals surface area contributed by atoms with Crippen LogP contribution in [0.25, 0.3) is 0 Å². The van der Waals surface area contributed by atoms with Crippen molar-refractivity contribution in [2.45, 2.75) is 30.7 Å². The fourth-order valence-electron chi connectivity index (χ4n) is 2.19. The normalized spacial score (nSPS) is 20.1. The molecule has 0 fully saturated rings. The molecule has 0 bridgehead atoms. The third-order valence-corrected chi connectivity index (χ3v) is 3.60. The molecule has 2 unspecified atom stereocenters. The number of nitrogens with zero attached hydrogens (tertiary/aromatic N) is 1. The number of ether oxygens (including phenoxy) is 1. The highest BCUT2D eigenvalue weighted by atomic mass is 79.9. The van der Waals surface area contributed by atoms with E-state index in [2.05, 4.69) is 53.0 Å². The number of hydrogen-bond donors (Lipinski definition) is 0. The number of fused-ring (bicyclic) bond motifs is 1. The van der Waals surface area contributed by atoms with Crippen molar-refractivity contribution in [3.05, 3.63) is 29.8 Å². The standard InChI is InChI=1S/C14H20BrNO/c1-11(15)7-8-16(2)10-13-9-12-5-3-4-6-14(12)17-13/h3-6,11,13H,7-10H2,1-2H3. The second kappa shape index (κ2) is 5.87. The van der Waals surface area contributed by atoms with E-state index in [1.807, 2.05) is 6.07 Å². The van der Waals surface area contributed by atoms with Gasteiger partial charge in [0.2, 0.25) is 0 Å². The van der Waals surface area contributed by atoms with Crippen LogP contribution in [0.4, 0.5) is 0 Å². The molecule has 3 heteroatoms. The van der Waals surface area contributed by atoms with Gasteiger partial charge in [-0.3, -0.25) is 0 Å². The van der Waals surface area contributed by atoms with E-state index in [1.54, 1.807) is 0 Å². The highest BCUT2D eigenvalue weighted by Crippen LogP contribution is 2.28. The maximum atomic E-state index is 5.93. The molecule has 94 valence electrons. The number of para-hydroxylation sites is 1. The topological polar surface area (TPSA) is 12.5 Å². The summed E-state index contributed by atoms with van der Waals surface area (Å²) in [5.74, 6) is 1.07. The van der Waals surface area contributed by atoms with Crippen LogP contribution in [-0.4, -0.2) is 36.0 Å². The molecule has 1 aliphatic rings. The largest absolute Gasteiger partial charge is 0.488 e. The summed E-state index contributed by atoms with van der Waals surface area (Å²) < 4.78 is 5.93. The van der Waals surface area contributed by atoms with Crippen LogP contribution in [0, 0.1) is 0 Å². The van der Waals surface area contributed by atoms with Gasteiger partial charge in [-0.1, -0.05) is 41.1 Å². The van der Waals surface area contributed by atoms with Gasteiger partial charge in [0.25, 0.3) is 0 Å². The second-order valence-corrected chi connectivity index (χ2v) is 6.45. The molecule has 0 N–H and O–H groups in total. The first kappa shape index (κ1) is 12.9. The lowest BCUT2D eigenvalue weighted by Gasteiger charge is -2.21. The molecule has 17 heavy (non-hydrogen) atoms. The number of benzene rings is 1. The Morgan fingerprint density at radius 1 is 1.47 bits per heavy atom. The summed E-state index contributed by atoms with van der Waals surface area (Å²) in [4.78, 5) is 2.94. The van der Waals surface area contributed by atoms with Crippen molar-refractivity contribution < 1.29 is 4.74 Å². The molecule has 1 aromatic carbocycles. The quantitative estimate of drug-likeness (QED) is 0.775. The van der Waals surface area contributed by atoms with E-state index in [0.29, 0.717) is 10.9 Å². The van der Waals surface area contributed by atoms with Crippen LogP contribution in [0.3, 0.4) is 0 Å². The lowest BCUT2D eigenvalue weighted by Crippen LogP contribution is -2.33. The zero-order valence-corrected chi connectivity index (χ0v) is 12.1. The molecule has 1 heterocycles. The molecule has 0 aromatic heterocycles. The summed E-state index contributed by atoms with van der Waals surface area (Å²) in [7, 11) is 2.17. The molecule has 2 rings (SSSR count). The Bertz CT molecular complexity index is 342. The summed E-state index contributed by atoms with van der Waals surface area (Å²) in [5, 5.41) is 0. The Hall–Kier alpha value is -0.540. The number of halogens is 1. The molecule has 2 atom stereocenters. The van der Waals surface area contributed by atoms with Crippen LogP contribution >= 0.6 is 15.9 Å². The van der Waals surface area contributed by atoms with Crippen molar-refractivity contribution in [1.29, 1.82) is 0 Å². The predicted molar refractivity (Wildman–Crippen MR) is 75.1 cm³/mol. The highest BCUT2D eigenvalue weighted by molar-refractivity contribution is 9.09. The fourth-order valence-corrected chi connectivity index (χ4v) is 2.40. The molecule has 0 saturated heterocycles. The minimum Gasteiger partial charge on any atom is -0.488 e. The van der Waals surface area contributed by atoms with Crippen molar-refractivity contribution in [3.63, 3.8) is 0 Å². The van der Waals surface area contributed by atoms with E-state index in [9.17, 15) is 0 Å². The molecular formula is C14H20BrNO. The highest BCUT2D eigenvalue weighted by Gasteiger charge is 2.23. The van der Waals surface area contributed by atoms with E-state index < -0.39 is 0 Å². The van der Waals surface area contributed by atoms with E-state index in [0.717, 1.165) is 25.3 Å². The Labute approximate surface area is 112 Å². The summed E-state index contributed by atoms with van der Waals surface area (Å²) in [5.41, 5.74) is 1.35. The zero-order chi connectivity index (χ0) is 12.3. The van der Waals surface area contributed by atoms with Crippen molar-refractivity contribution in [1.82, 2.24) is 4.90 Å². The lowest BCUT2D eigenvalue weighted by molar-refractivity contribution is 0.168. The minimum atomic E-state index is 0.322. The second-order valence-electron chi connectivity index (χ2n) is 4.88. The fraction of sp³-hybridized carbons (Fsp3) is 0.571. The molecule has 0 aliphatic carbocycles. The first-order valence-corrected chi connectivity index (χ1v) is 7.14. The first-order valence-electron chi connectivity index (χ1n) is 6.22. The summed E-state index contributed by atoms with van der Waals surface area (Å²) in [6.07, 6.45) is 2.55. The van der Waals surface area contributed by atoms with Gasteiger partial charge >= 0.3 is 0 Å². The van der Waals surface area contributed by atoms with Gasteiger partial charge in [-0.15, -0.1) is 0 Å². The number of likely N-dealkylation sites (N-methyl/N-ethyl adjacent to an activating group) is 1. The monoisotopic (exact) mass is 297 g/mol. The Morgan fingerprint density at radius 2 is 2.24 bits per heavy atom. The van der Waals surface area contributed by atoms with Crippen LogP contribution in [0.2, 0.25) is 0 Å². The molecule has 0 spiro atoms. The van der Waals surface area contributed by atoms with Crippen molar-refractivity contribution in [2.24, 2.45) is 0 Å². The van der Waals surface area contributed by atoms with Crippen LogP contribution in [0.15, 0.2) is 24.3 Å². The van der Waals surface area contributed by atoms with Crippen LogP contribution in [0.5, 0.6) is 5.75 Å². The molecule has 1 aromatic rings. The summed E-state index contributed by atoms with van der Waals surface area (Å²) in [6, 6.07) is 8.35. The molecule has 1 aliphatic heterocycles.